The van der Waals surface area contributed by atoms with Gasteiger partial charge < -0.3 is 10.6 Å². The molecule has 0 saturated carbocycles. The van der Waals surface area contributed by atoms with Crippen molar-refractivity contribution in [3.63, 3.8) is 0 Å². The maximum absolute atomic E-state index is 13.8. The number of dihydropyridines is 1. The van der Waals surface area contributed by atoms with Crippen LogP contribution in [0.15, 0.2) is 41.5 Å². The summed E-state index contributed by atoms with van der Waals surface area (Å²) in [5, 5.41) is 6.10. The number of nitrogens with zero attached hydrogens (tertiary/aromatic N) is 4. The fourth-order valence-corrected chi connectivity index (χ4v) is 2.92. The van der Waals surface area contributed by atoms with Crippen LogP contribution >= 0.6 is 0 Å². The molecule has 0 radical (unpaired) electrons. The second-order valence-electron chi connectivity index (χ2n) is 7.83. The molecule has 0 saturated heterocycles. The molecule has 0 aromatic carbocycles. The number of rotatable bonds is 7. The lowest BCUT2D eigenvalue weighted by Crippen LogP contribution is -2.31. The standard InChI is InChI=1S/C21H24F4N6/c1-12(2)27-17-11-18(28-13-8-9-26-16(10-13)21(4,24)25)31-19(30-17)14-6-5-7-15(29-14)20(3,22)23/h5-6,8-12,15H,7H2,1-4H3,(H2,26,27,28,30,31). The molecule has 2 aromatic rings. The maximum atomic E-state index is 13.8. The van der Waals surface area contributed by atoms with E-state index in [2.05, 4.69) is 30.6 Å². The summed E-state index contributed by atoms with van der Waals surface area (Å²) in [5.74, 6) is -5.19. The van der Waals surface area contributed by atoms with E-state index in [0.29, 0.717) is 17.3 Å². The summed E-state index contributed by atoms with van der Waals surface area (Å²) in [6.07, 6.45) is 4.60. The number of anilines is 3. The highest BCUT2D eigenvalue weighted by Gasteiger charge is 2.34. The Labute approximate surface area is 177 Å². The van der Waals surface area contributed by atoms with Gasteiger partial charge in [-0.3, -0.25) is 9.98 Å². The molecule has 2 N–H and O–H groups in total. The molecule has 0 fully saturated rings. The lowest BCUT2D eigenvalue weighted by molar-refractivity contribution is -0.00376. The maximum Gasteiger partial charge on any atom is 0.287 e. The van der Waals surface area contributed by atoms with E-state index < -0.39 is 17.9 Å². The summed E-state index contributed by atoms with van der Waals surface area (Å²) < 4.78 is 54.8. The first-order valence-corrected chi connectivity index (χ1v) is 9.81. The zero-order chi connectivity index (χ0) is 22.8. The van der Waals surface area contributed by atoms with Crippen molar-refractivity contribution in [2.24, 2.45) is 4.99 Å². The number of hydrogen-bond donors (Lipinski definition) is 2. The van der Waals surface area contributed by atoms with Gasteiger partial charge in [-0.25, -0.2) is 18.7 Å². The van der Waals surface area contributed by atoms with Crippen molar-refractivity contribution in [1.29, 1.82) is 0 Å². The van der Waals surface area contributed by atoms with E-state index in [9.17, 15) is 17.6 Å². The number of halogens is 4. The lowest BCUT2D eigenvalue weighted by atomic mass is 10.0. The van der Waals surface area contributed by atoms with Crippen molar-refractivity contribution in [2.75, 3.05) is 10.6 Å². The van der Waals surface area contributed by atoms with Gasteiger partial charge in [0.1, 0.15) is 29.1 Å². The van der Waals surface area contributed by atoms with Gasteiger partial charge in [-0.2, -0.15) is 8.78 Å². The zero-order valence-electron chi connectivity index (χ0n) is 17.6. The third-order valence-electron chi connectivity index (χ3n) is 4.39. The molecule has 6 nitrogen and oxygen atoms in total. The van der Waals surface area contributed by atoms with Crippen molar-refractivity contribution in [3.8, 4) is 0 Å². The molecule has 0 spiro atoms. The van der Waals surface area contributed by atoms with Crippen LogP contribution in [0.25, 0.3) is 0 Å². The molecule has 1 atom stereocenters. The second kappa shape index (κ2) is 8.60. The van der Waals surface area contributed by atoms with Crippen LogP contribution in [-0.4, -0.2) is 38.7 Å². The quantitative estimate of drug-likeness (QED) is 0.575. The molecule has 0 aliphatic carbocycles. The Balaban J connectivity index is 1.98. The van der Waals surface area contributed by atoms with Crippen molar-refractivity contribution in [2.45, 2.75) is 58.0 Å². The fraction of sp³-hybridized carbons (Fsp3) is 0.429. The summed E-state index contributed by atoms with van der Waals surface area (Å²) in [7, 11) is 0. The zero-order valence-corrected chi connectivity index (χ0v) is 17.6. The van der Waals surface area contributed by atoms with E-state index in [1.807, 2.05) is 13.8 Å². The summed E-state index contributed by atoms with van der Waals surface area (Å²) in [4.78, 5) is 16.6. The van der Waals surface area contributed by atoms with E-state index in [1.54, 1.807) is 18.2 Å². The first kappa shape index (κ1) is 22.6. The molecule has 31 heavy (non-hydrogen) atoms. The largest absolute Gasteiger partial charge is 0.368 e. The number of aromatic nitrogens is 3. The minimum absolute atomic E-state index is 0.0403. The summed E-state index contributed by atoms with van der Waals surface area (Å²) in [6.45, 7) is 5.42. The van der Waals surface area contributed by atoms with E-state index in [4.69, 9.17) is 0 Å². The van der Waals surface area contributed by atoms with Gasteiger partial charge in [0.15, 0.2) is 5.82 Å². The number of nitrogens with one attached hydrogen (secondary N) is 2. The Bertz CT molecular complexity index is 992. The SMILES string of the molecule is CC(C)Nc1cc(Nc2ccnc(C(C)(F)F)c2)nc(C2=NC(C(C)(F)F)CC=C2)n1. The van der Waals surface area contributed by atoms with E-state index in [0.717, 1.165) is 13.8 Å². The Morgan fingerprint density at radius 2 is 1.77 bits per heavy atom. The summed E-state index contributed by atoms with van der Waals surface area (Å²) in [5.41, 5.74) is 0.189. The van der Waals surface area contributed by atoms with Crippen LogP contribution in [0.4, 0.5) is 34.9 Å². The Morgan fingerprint density at radius 3 is 2.42 bits per heavy atom. The van der Waals surface area contributed by atoms with E-state index >= 15 is 0 Å². The van der Waals surface area contributed by atoms with Crippen LogP contribution in [0.3, 0.4) is 0 Å². The molecule has 3 rings (SSSR count). The van der Waals surface area contributed by atoms with Gasteiger partial charge in [0.2, 0.25) is 0 Å². The van der Waals surface area contributed by atoms with Crippen molar-refractivity contribution in [1.82, 2.24) is 15.0 Å². The fourth-order valence-electron chi connectivity index (χ4n) is 2.92. The molecule has 3 heterocycles. The van der Waals surface area contributed by atoms with Gasteiger partial charge in [-0.05, 0) is 38.5 Å². The molecule has 1 aliphatic rings. The lowest BCUT2D eigenvalue weighted by Gasteiger charge is -2.22. The number of pyridine rings is 1. The monoisotopic (exact) mass is 436 g/mol. The third kappa shape index (κ3) is 5.99. The smallest absolute Gasteiger partial charge is 0.287 e. The van der Waals surface area contributed by atoms with Gasteiger partial charge in [0.25, 0.3) is 11.8 Å². The van der Waals surface area contributed by atoms with Crippen LogP contribution in [-0.2, 0) is 5.92 Å². The first-order valence-electron chi connectivity index (χ1n) is 9.81. The van der Waals surface area contributed by atoms with Crippen molar-refractivity contribution in [3.05, 3.63) is 48.1 Å². The van der Waals surface area contributed by atoms with Gasteiger partial charge >= 0.3 is 0 Å². The van der Waals surface area contributed by atoms with Gasteiger partial charge in [-0.15, -0.1) is 0 Å². The molecule has 10 heteroatoms. The molecule has 0 bridgehead atoms. The topological polar surface area (TPSA) is 75.1 Å². The second-order valence-corrected chi connectivity index (χ2v) is 7.83. The minimum atomic E-state index is -3.10. The van der Waals surface area contributed by atoms with Crippen LogP contribution in [0.1, 0.15) is 45.6 Å². The molecule has 0 amide bonds. The van der Waals surface area contributed by atoms with Gasteiger partial charge in [0, 0.05) is 37.8 Å². The van der Waals surface area contributed by atoms with E-state index in [1.165, 1.54) is 18.3 Å². The molecular formula is C21H24F4N6. The Hall–Kier alpha value is -3.04. The molecule has 1 unspecified atom stereocenters. The molecule has 1 aliphatic heterocycles. The van der Waals surface area contributed by atoms with Crippen LogP contribution < -0.4 is 10.6 Å². The minimum Gasteiger partial charge on any atom is -0.368 e. The predicted molar refractivity (Wildman–Crippen MR) is 113 cm³/mol. The Kier molecular flexibility index (Phi) is 6.28. The molecule has 2 aromatic heterocycles. The predicted octanol–water partition coefficient (Wildman–Crippen LogP) is 5.32. The highest BCUT2D eigenvalue weighted by Crippen LogP contribution is 2.29. The first-order chi connectivity index (χ1) is 14.4. The molecule has 166 valence electrons. The highest BCUT2D eigenvalue weighted by atomic mass is 19.3. The summed E-state index contributed by atoms with van der Waals surface area (Å²) in [6, 6.07) is 3.19. The third-order valence-corrected chi connectivity index (χ3v) is 4.39. The summed E-state index contributed by atoms with van der Waals surface area (Å²) >= 11 is 0. The van der Waals surface area contributed by atoms with Crippen LogP contribution in [0.5, 0.6) is 0 Å². The average Bonchev–Trinajstić information content (AvgIpc) is 2.66. The number of aliphatic imine (C=N–C) groups is 1. The van der Waals surface area contributed by atoms with Crippen LogP contribution in [0, 0.1) is 0 Å². The van der Waals surface area contributed by atoms with Gasteiger partial charge in [-0.1, -0.05) is 6.08 Å². The number of allylic oxidation sites excluding steroid dienone is 1. The van der Waals surface area contributed by atoms with Crippen molar-refractivity contribution < 1.29 is 17.6 Å². The van der Waals surface area contributed by atoms with E-state index in [-0.39, 0.29) is 29.7 Å². The number of alkyl halides is 4. The molecular weight excluding hydrogens is 412 g/mol. The van der Waals surface area contributed by atoms with Crippen molar-refractivity contribution >= 4 is 23.0 Å². The highest BCUT2D eigenvalue weighted by molar-refractivity contribution is 6.07. The van der Waals surface area contributed by atoms with Crippen LogP contribution in [0.2, 0.25) is 0 Å². The van der Waals surface area contributed by atoms with Gasteiger partial charge in [0.05, 0.1) is 0 Å². The normalized spacial score (nSPS) is 16.9. The number of hydrogen-bond acceptors (Lipinski definition) is 6. The average molecular weight is 436 g/mol. The Morgan fingerprint density at radius 1 is 1.06 bits per heavy atom.